The molecule has 10 rings (SSSR count). The average Bonchev–Trinajstić information content (AvgIpc) is 2.94. The number of halogens is 3. The van der Waals surface area contributed by atoms with E-state index in [0.717, 1.165) is 5.39 Å². The second-order valence-corrected chi connectivity index (χ2v) is 9.01. The Hall–Kier alpha value is -3.40. The molecule has 164 valence electrons. The number of aryl methyl sites for hydroxylation is 1. The van der Waals surface area contributed by atoms with E-state index in [9.17, 15) is 13.2 Å². The van der Waals surface area contributed by atoms with Gasteiger partial charge >= 0.3 is 6.18 Å². The number of aromatic nitrogens is 1. The molecule has 0 spiro atoms. The van der Waals surface area contributed by atoms with Crippen LogP contribution in [-0.4, -0.2) is 11.2 Å². The molecule has 1 unspecified atom stereocenters. The molecule has 5 aliphatic carbocycles. The zero-order valence-electron chi connectivity index (χ0n) is 18.0. The lowest BCUT2D eigenvalue weighted by Crippen LogP contribution is -2.12. The molecule has 8 bridgehead atoms. The summed E-state index contributed by atoms with van der Waals surface area (Å²) in [6.07, 6.45) is -1.27. The van der Waals surface area contributed by atoms with E-state index in [0.29, 0.717) is 11.4 Å². The van der Waals surface area contributed by atoms with E-state index in [1.807, 2.05) is 12.1 Å². The summed E-state index contributed by atoms with van der Waals surface area (Å²) in [5, 5.41) is 6.62. The minimum absolute atomic E-state index is 0.0567. The molecule has 1 nitrogen and oxygen atoms in total. The third-order valence-electron chi connectivity index (χ3n) is 6.92. The number of hydrogen-bond acceptors (Lipinski definition) is 1. The first kappa shape index (κ1) is 20.2. The third kappa shape index (κ3) is 3.64. The first-order valence-electron chi connectivity index (χ1n) is 11.4. The van der Waals surface area contributed by atoms with Crippen molar-refractivity contribution in [3.63, 3.8) is 0 Å². The lowest BCUT2D eigenvalue weighted by Gasteiger charge is -2.26. The van der Waals surface area contributed by atoms with Crippen LogP contribution in [0.15, 0.2) is 78.9 Å². The van der Waals surface area contributed by atoms with Crippen LogP contribution in [0.4, 0.5) is 13.2 Å². The Balaban J connectivity index is 0.000000128. The molecule has 5 aliphatic rings. The quantitative estimate of drug-likeness (QED) is 0.239. The van der Waals surface area contributed by atoms with Gasteiger partial charge in [0.2, 0.25) is 0 Å². The Kier molecular flexibility index (Phi) is 4.65. The van der Waals surface area contributed by atoms with Crippen LogP contribution in [0.5, 0.6) is 0 Å². The van der Waals surface area contributed by atoms with Crippen molar-refractivity contribution in [3.05, 3.63) is 101 Å². The van der Waals surface area contributed by atoms with Gasteiger partial charge in [-0.1, -0.05) is 66.7 Å². The summed E-state index contributed by atoms with van der Waals surface area (Å²) in [6, 6.07) is 26.7. The van der Waals surface area contributed by atoms with Crippen LogP contribution in [0, 0.1) is 0 Å². The van der Waals surface area contributed by atoms with Gasteiger partial charge in [0.25, 0.3) is 0 Å². The van der Waals surface area contributed by atoms with E-state index in [1.54, 1.807) is 29.3 Å². The Bertz CT molecular complexity index is 1520. The molecule has 1 aromatic heterocycles. The van der Waals surface area contributed by atoms with Gasteiger partial charge in [-0.15, -0.1) is 0 Å². The number of benzene rings is 4. The molecular weight excluding hydrogens is 419 g/mol. The smallest absolute Gasteiger partial charge is 0.252 e. The van der Waals surface area contributed by atoms with Crippen molar-refractivity contribution in [2.75, 3.05) is 0 Å². The number of hydrogen-bond donors (Lipinski definition) is 0. The van der Waals surface area contributed by atoms with Crippen molar-refractivity contribution in [1.29, 1.82) is 0 Å². The summed E-state index contributed by atoms with van der Waals surface area (Å²) in [6.45, 7) is 0. The molecule has 0 saturated carbocycles. The van der Waals surface area contributed by atoms with Gasteiger partial charge in [-0.25, -0.2) is 0 Å². The highest BCUT2D eigenvalue weighted by atomic mass is 19.4. The monoisotopic (exact) mass is 441 g/mol. The first-order chi connectivity index (χ1) is 16.0. The van der Waals surface area contributed by atoms with Gasteiger partial charge < -0.3 is 0 Å². The van der Waals surface area contributed by atoms with E-state index in [-0.39, 0.29) is 5.69 Å². The number of fused-ring (bicyclic) bond motifs is 1. The van der Waals surface area contributed by atoms with Crippen LogP contribution in [0.3, 0.4) is 0 Å². The Morgan fingerprint density at radius 3 is 2.45 bits per heavy atom. The van der Waals surface area contributed by atoms with Gasteiger partial charge in [0.05, 0.1) is 17.6 Å². The maximum absolute atomic E-state index is 12.1. The lowest BCUT2D eigenvalue weighted by atomic mass is 9.78. The van der Waals surface area contributed by atoms with Gasteiger partial charge in [-0.05, 0) is 69.6 Å². The number of nitrogens with zero attached hydrogens (tertiary/aromatic N) is 1. The molecule has 5 aromatic rings. The first-order valence-corrected chi connectivity index (χ1v) is 11.4. The van der Waals surface area contributed by atoms with Crippen molar-refractivity contribution in [2.24, 2.45) is 0 Å². The summed E-state index contributed by atoms with van der Waals surface area (Å²) in [5.74, 6) is 0.632. The molecule has 0 aliphatic heterocycles. The fraction of sp³-hybridized carbons (Fsp3) is 0.207. The van der Waals surface area contributed by atoms with Crippen LogP contribution in [-0.2, 0) is 12.8 Å². The van der Waals surface area contributed by atoms with Crippen LogP contribution in [0.2, 0.25) is 0 Å². The molecule has 4 heteroatoms. The van der Waals surface area contributed by atoms with E-state index in [2.05, 4.69) is 47.4 Å². The van der Waals surface area contributed by atoms with Crippen LogP contribution in [0.25, 0.3) is 32.4 Å². The second kappa shape index (κ2) is 7.58. The maximum Gasteiger partial charge on any atom is 0.394 e. The Morgan fingerprint density at radius 2 is 1.58 bits per heavy atom. The summed E-state index contributed by atoms with van der Waals surface area (Å²) in [7, 11) is 0. The standard InChI is InChI=1S/C18H14.C11H8F3N/c1-2-13-11-4-6-14-12(10-11)5-7-18-15(3-1)16(13)8-9-17(14)18;12-11(13,14)7-9-6-5-8-3-1-2-4-10(8)15-9/h4-10,13H,1-3H2;1-6H,7H2. The molecule has 0 saturated heterocycles. The molecule has 0 N–H and O–H groups in total. The van der Waals surface area contributed by atoms with Crippen LogP contribution < -0.4 is 0 Å². The van der Waals surface area contributed by atoms with Crippen molar-refractivity contribution >= 4 is 32.4 Å². The third-order valence-corrected chi connectivity index (χ3v) is 6.92. The normalized spacial score (nSPS) is 16.4. The summed E-state index contributed by atoms with van der Waals surface area (Å²) >= 11 is 0. The number of pyridine rings is 1. The van der Waals surface area contributed by atoms with Crippen molar-refractivity contribution < 1.29 is 13.2 Å². The fourth-order valence-corrected chi connectivity index (χ4v) is 5.46. The largest absolute Gasteiger partial charge is 0.394 e. The van der Waals surface area contributed by atoms with Crippen molar-refractivity contribution in [3.8, 4) is 0 Å². The Labute approximate surface area is 189 Å². The average molecular weight is 441 g/mol. The predicted molar refractivity (Wildman–Crippen MR) is 128 cm³/mol. The number of rotatable bonds is 1. The number of para-hydroxylation sites is 1. The van der Waals surface area contributed by atoms with E-state index in [1.165, 1.54) is 52.4 Å². The molecular formula is C29H22F3N. The molecule has 0 fully saturated rings. The number of alkyl halides is 3. The molecule has 1 atom stereocenters. The van der Waals surface area contributed by atoms with Gasteiger partial charge in [-0.3, -0.25) is 4.98 Å². The predicted octanol–water partition coefficient (Wildman–Crippen LogP) is 8.11. The molecule has 4 aromatic carbocycles. The zero-order chi connectivity index (χ0) is 22.6. The van der Waals surface area contributed by atoms with Gasteiger partial charge in [0, 0.05) is 11.3 Å². The Morgan fingerprint density at radius 1 is 0.788 bits per heavy atom. The fourth-order valence-electron chi connectivity index (χ4n) is 5.46. The zero-order valence-corrected chi connectivity index (χ0v) is 18.0. The lowest BCUT2D eigenvalue weighted by molar-refractivity contribution is -0.127. The highest BCUT2D eigenvalue weighted by molar-refractivity contribution is 6.09. The van der Waals surface area contributed by atoms with Crippen molar-refractivity contribution in [1.82, 2.24) is 4.98 Å². The molecule has 0 amide bonds. The second-order valence-electron chi connectivity index (χ2n) is 9.01. The minimum atomic E-state index is -4.20. The highest BCUT2D eigenvalue weighted by Gasteiger charge is 2.28. The van der Waals surface area contributed by atoms with E-state index < -0.39 is 12.6 Å². The highest BCUT2D eigenvalue weighted by Crippen LogP contribution is 2.44. The molecule has 0 radical (unpaired) electrons. The van der Waals surface area contributed by atoms with Gasteiger partial charge in [-0.2, -0.15) is 13.2 Å². The minimum Gasteiger partial charge on any atom is -0.252 e. The van der Waals surface area contributed by atoms with Crippen LogP contribution >= 0.6 is 0 Å². The van der Waals surface area contributed by atoms with Crippen molar-refractivity contribution in [2.45, 2.75) is 37.8 Å². The summed E-state index contributed by atoms with van der Waals surface area (Å²) in [5.41, 5.74) is 5.37. The van der Waals surface area contributed by atoms with E-state index in [4.69, 9.17) is 0 Å². The van der Waals surface area contributed by atoms with Crippen LogP contribution in [0.1, 0.15) is 41.1 Å². The van der Waals surface area contributed by atoms with Gasteiger partial charge in [0.15, 0.2) is 0 Å². The molecule has 1 heterocycles. The summed E-state index contributed by atoms with van der Waals surface area (Å²) < 4.78 is 36.3. The summed E-state index contributed by atoms with van der Waals surface area (Å²) in [4.78, 5) is 3.94. The van der Waals surface area contributed by atoms with Gasteiger partial charge in [0.1, 0.15) is 0 Å². The topological polar surface area (TPSA) is 12.9 Å². The molecule has 33 heavy (non-hydrogen) atoms. The SMILES string of the molecule is FC(F)(F)Cc1ccc2ccccc2n1.c1cc2c3ccc4c5c(ccc42)C(CCC5)c1c3. The van der Waals surface area contributed by atoms with E-state index >= 15 is 0 Å². The maximum atomic E-state index is 12.1.